The summed E-state index contributed by atoms with van der Waals surface area (Å²) in [6, 6.07) is 8.01. The van der Waals surface area contributed by atoms with E-state index in [0.717, 1.165) is 20.6 Å². The molecule has 0 aliphatic carbocycles. The van der Waals surface area contributed by atoms with Crippen molar-refractivity contribution in [2.24, 2.45) is 0 Å². The van der Waals surface area contributed by atoms with E-state index in [2.05, 4.69) is 19.9 Å². The van der Waals surface area contributed by atoms with E-state index in [9.17, 15) is 4.79 Å². The first-order valence-corrected chi connectivity index (χ1v) is 9.24. The molecular weight excluding hydrogens is 318 g/mol. The SMILES string of the molecule is C/C=C/C(=O)N1c2ccccc2-c2c(ssc2=S)C1(C)C. The van der Waals surface area contributed by atoms with Gasteiger partial charge in [0, 0.05) is 11.1 Å². The molecule has 0 bridgehead atoms. The van der Waals surface area contributed by atoms with Crippen molar-refractivity contribution in [3.8, 4) is 11.1 Å². The molecule has 0 N–H and O–H groups in total. The van der Waals surface area contributed by atoms with Gasteiger partial charge in [0.1, 0.15) is 3.82 Å². The molecule has 1 aromatic heterocycles. The highest BCUT2D eigenvalue weighted by Crippen LogP contribution is 2.51. The molecule has 2 aromatic rings. The molecule has 0 saturated carbocycles. The maximum absolute atomic E-state index is 12.6. The molecule has 0 fully saturated rings. The molecule has 0 atom stereocenters. The second-order valence-corrected chi connectivity index (χ2v) is 8.22. The van der Waals surface area contributed by atoms with Crippen LogP contribution in [-0.4, -0.2) is 5.91 Å². The third-order valence-corrected chi connectivity index (χ3v) is 7.02. The van der Waals surface area contributed by atoms with Gasteiger partial charge in [0.25, 0.3) is 5.91 Å². The van der Waals surface area contributed by atoms with Crippen LogP contribution in [-0.2, 0) is 10.3 Å². The molecule has 5 heteroatoms. The van der Waals surface area contributed by atoms with Gasteiger partial charge in [0.05, 0.1) is 16.1 Å². The van der Waals surface area contributed by atoms with Crippen molar-refractivity contribution in [2.45, 2.75) is 26.3 Å². The summed E-state index contributed by atoms with van der Waals surface area (Å²) in [4.78, 5) is 15.7. The van der Waals surface area contributed by atoms with Crippen molar-refractivity contribution in [1.29, 1.82) is 0 Å². The van der Waals surface area contributed by atoms with E-state index in [0.29, 0.717) is 0 Å². The van der Waals surface area contributed by atoms with Gasteiger partial charge in [-0.2, -0.15) is 0 Å². The van der Waals surface area contributed by atoms with Gasteiger partial charge in [-0.3, -0.25) is 9.69 Å². The first-order chi connectivity index (χ1) is 9.98. The van der Waals surface area contributed by atoms with Crippen molar-refractivity contribution >= 4 is 44.5 Å². The molecule has 0 radical (unpaired) electrons. The van der Waals surface area contributed by atoms with Gasteiger partial charge in [0.2, 0.25) is 0 Å². The van der Waals surface area contributed by atoms with Crippen LogP contribution in [0.2, 0.25) is 0 Å². The maximum Gasteiger partial charge on any atom is 0.251 e. The largest absolute Gasteiger partial charge is 0.298 e. The van der Waals surface area contributed by atoms with Crippen LogP contribution in [0.4, 0.5) is 5.69 Å². The molecule has 3 rings (SSSR count). The van der Waals surface area contributed by atoms with Crippen molar-refractivity contribution in [2.75, 3.05) is 4.90 Å². The van der Waals surface area contributed by atoms with Crippen LogP contribution >= 0.6 is 32.9 Å². The predicted octanol–water partition coefficient (Wildman–Crippen LogP) is 5.36. The van der Waals surface area contributed by atoms with Crippen LogP contribution in [0.1, 0.15) is 25.6 Å². The number of nitrogens with zero attached hydrogens (tertiary/aromatic N) is 1. The highest BCUT2D eigenvalue weighted by Gasteiger charge is 2.41. The molecule has 108 valence electrons. The fourth-order valence-corrected chi connectivity index (χ4v) is 6.07. The minimum atomic E-state index is -0.390. The molecule has 1 aromatic carbocycles. The predicted molar refractivity (Wildman–Crippen MR) is 93.8 cm³/mol. The van der Waals surface area contributed by atoms with Gasteiger partial charge in [-0.15, -0.1) is 0 Å². The van der Waals surface area contributed by atoms with Crippen molar-refractivity contribution in [1.82, 2.24) is 0 Å². The third-order valence-electron chi connectivity index (χ3n) is 3.69. The van der Waals surface area contributed by atoms with Crippen LogP contribution < -0.4 is 4.90 Å². The molecule has 0 spiro atoms. The molecule has 1 amide bonds. The van der Waals surface area contributed by atoms with E-state index >= 15 is 0 Å². The van der Waals surface area contributed by atoms with Crippen molar-refractivity contribution in [3.05, 3.63) is 45.1 Å². The number of benzene rings is 1. The van der Waals surface area contributed by atoms with Crippen molar-refractivity contribution < 1.29 is 4.79 Å². The number of fused-ring (bicyclic) bond motifs is 3. The molecule has 2 heterocycles. The van der Waals surface area contributed by atoms with E-state index < -0.39 is 5.54 Å². The van der Waals surface area contributed by atoms with Crippen LogP contribution in [0.5, 0.6) is 0 Å². The summed E-state index contributed by atoms with van der Waals surface area (Å²) >= 11 is 5.52. The van der Waals surface area contributed by atoms with E-state index in [4.69, 9.17) is 12.2 Å². The number of carbonyl (C=O) groups is 1. The summed E-state index contributed by atoms with van der Waals surface area (Å²) in [5, 5.41) is 0. The Balaban J connectivity index is 2.35. The monoisotopic (exact) mass is 333 g/mol. The number of allylic oxidation sites excluding steroid dienone is 1. The normalized spacial score (nSPS) is 15.9. The number of rotatable bonds is 1. The first-order valence-electron chi connectivity index (χ1n) is 6.68. The molecule has 1 aliphatic rings. The zero-order chi connectivity index (χ0) is 15.2. The first kappa shape index (κ1) is 14.6. The molecular formula is C16H15NOS3. The Kier molecular flexibility index (Phi) is 3.59. The molecule has 0 unspecified atom stereocenters. The van der Waals surface area contributed by atoms with E-state index in [1.165, 1.54) is 4.88 Å². The number of para-hydroxylation sites is 1. The number of anilines is 1. The highest BCUT2D eigenvalue weighted by atomic mass is 32.9. The quantitative estimate of drug-likeness (QED) is 0.397. The zero-order valence-corrected chi connectivity index (χ0v) is 14.5. The summed E-state index contributed by atoms with van der Waals surface area (Å²) < 4.78 is 0.911. The van der Waals surface area contributed by atoms with Gasteiger partial charge in [-0.25, -0.2) is 0 Å². The maximum atomic E-state index is 12.6. The second-order valence-electron chi connectivity index (χ2n) is 5.41. The van der Waals surface area contributed by atoms with Gasteiger partial charge in [-0.1, -0.05) is 57.2 Å². The van der Waals surface area contributed by atoms with Crippen LogP contribution in [0.3, 0.4) is 0 Å². The summed E-state index contributed by atoms with van der Waals surface area (Å²) in [6.07, 6.45) is 3.40. The summed E-state index contributed by atoms with van der Waals surface area (Å²) in [7, 11) is 3.29. The summed E-state index contributed by atoms with van der Waals surface area (Å²) in [5.74, 6) is 0.00455. The minimum Gasteiger partial charge on any atom is -0.298 e. The lowest BCUT2D eigenvalue weighted by Crippen LogP contribution is -2.47. The Morgan fingerprint density at radius 2 is 2.00 bits per heavy atom. The number of hydrogen-bond acceptors (Lipinski definition) is 4. The average Bonchev–Trinajstić information content (AvgIpc) is 2.82. The van der Waals surface area contributed by atoms with Crippen molar-refractivity contribution in [3.63, 3.8) is 0 Å². The molecule has 2 nitrogen and oxygen atoms in total. The van der Waals surface area contributed by atoms with Gasteiger partial charge >= 0.3 is 0 Å². The van der Waals surface area contributed by atoms with Gasteiger partial charge in [0.15, 0.2) is 0 Å². The summed E-state index contributed by atoms with van der Waals surface area (Å²) in [5.41, 5.74) is 2.74. The average molecular weight is 334 g/mol. The number of hydrogen-bond donors (Lipinski definition) is 0. The van der Waals surface area contributed by atoms with Crippen LogP contribution in [0.15, 0.2) is 36.4 Å². The molecule has 0 saturated heterocycles. The minimum absolute atomic E-state index is 0.00455. The number of amides is 1. The Hall–Kier alpha value is -1.30. The van der Waals surface area contributed by atoms with Gasteiger partial charge < -0.3 is 0 Å². The second kappa shape index (κ2) is 5.16. The third kappa shape index (κ3) is 2.11. The number of carbonyl (C=O) groups excluding carboxylic acids is 1. The fraction of sp³-hybridized carbons (Fsp3) is 0.250. The lowest BCUT2D eigenvalue weighted by atomic mass is 9.87. The smallest absolute Gasteiger partial charge is 0.251 e. The highest BCUT2D eigenvalue weighted by molar-refractivity contribution is 7.80. The van der Waals surface area contributed by atoms with Crippen LogP contribution in [0.25, 0.3) is 11.1 Å². The topological polar surface area (TPSA) is 20.3 Å². The zero-order valence-electron chi connectivity index (χ0n) is 12.0. The molecule has 1 aliphatic heterocycles. The van der Waals surface area contributed by atoms with E-state index in [-0.39, 0.29) is 5.91 Å². The van der Waals surface area contributed by atoms with Gasteiger partial charge in [-0.05, 0) is 32.9 Å². The molecule has 21 heavy (non-hydrogen) atoms. The Morgan fingerprint density at radius 3 is 2.71 bits per heavy atom. The lowest BCUT2D eigenvalue weighted by Gasteiger charge is -2.42. The summed E-state index contributed by atoms with van der Waals surface area (Å²) in [6.45, 7) is 6.03. The van der Waals surface area contributed by atoms with E-state index in [1.54, 1.807) is 32.8 Å². The lowest BCUT2D eigenvalue weighted by molar-refractivity contribution is -0.115. The Labute approximate surface area is 136 Å². The van der Waals surface area contributed by atoms with E-state index in [1.807, 2.05) is 30.0 Å². The Morgan fingerprint density at radius 1 is 1.29 bits per heavy atom. The standard InChI is InChI=1S/C16H15NOS3/c1-4-7-12(18)17-11-9-6-5-8-10(11)13-14(16(17,2)3)20-21-15(13)19/h4-9H,1-3H3/b7-4+. The fourth-order valence-electron chi connectivity index (χ4n) is 2.79. The Bertz CT molecular complexity index is 798. The van der Waals surface area contributed by atoms with Crippen LogP contribution in [0, 0.1) is 3.82 Å².